The van der Waals surface area contributed by atoms with Crippen molar-refractivity contribution in [3.8, 4) is 5.75 Å². The lowest BCUT2D eigenvalue weighted by molar-refractivity contribution is 0.0677. The van der Waals surface area contributed by atoms with Crippen molar-refractivity contribution in [3.05, 3.63) is 62.6 Å². The Bertz CT molecular complexity index is 1160. The molecule has 2 aromatic rings. The molecule has 7 nitrogen and oxygen atoms in total. The Morgan fingerprint density at radius 3 is 2.61 bits per heavy atom. The minimum absolute atomic E-state index is 0.142. The molecule has 1 aromatic carbocycles. The Hall–Kier alpha value is -3.37. The van der Waals surface area contributed by atoms with E-state index in [1.165, 1.54) is 4.57 Å². The van der Waals surface area contributed by atoms with Crippen LogP contribution >= 0.6 is 0 Å². The largest absolute Gasteiger partial charge is 0.503 e. The third kappa shape index (κ3) is 3.43. The molecule has 3 heterocycles. The van der Waals surface area contributed by atoms with Crippen molar-refractivity contribution in [2.75, 3.05) is 13.1 Å². The predicted molar refractivity (Wildman–Crippen MR) is 98.6 cm³/mol. The molecular weight excluding hydrogens is 422 g/mol. The fourth-order valence-corrected chi connectivity index (χ4v) is 3.99. The molecule has 2 amide bonds. The van der Waals surface area contributed by atoms with Crippen molar-refractivity contribution in [2.45, 2.75) is 31.8 Å². The summed E-state index contributed by atoms with van der Waals surface area (Å²) in [6.07, 6.45) is 3.36. The lowest BCUT2D eigenvalue weighted by Gasteiger charge is -2.34. The summed E-state index contributed by atoms with van der Waals surface area (Å²) in [4.78, 5) is 39.2. The SMILES string of the molecule is O=C(NCc1c(F)cc(F)c(F)c1F)c1cn2c(c(O)c1=O)C(=O)N1CCCC[C@@H]2C1. The molecule has 0 saturated carbocycles. The molecule has 31 heavy (non-hydrogen) atoms. The fraction of sp³-hybridized carbons (Fsp3) is 0.350. The van der Waals surface area contributed by atoms with E-state index in [-0.39, 0.29) is 17.8 Å². The van der Waals surface area contributed by atoms with Crippen LogP contribution in [-0.4, -0.2) is 39.5 Å². The second kappa shape index (κ2) is 7.71. The van der Waals surface area contributed by atoms with Crippen LogP contribution in [0.4, 0.5) is 17.6 Å². The Morgan fingerprint density at radius 2 is 1.87 bits per heavy atom. The van der Waals surface area contributed by atoms with Gasteiger partial charge in [0.25, 0.3) is 11.8 Å². The zero-order chi connectivity index (χ0) is 22.4. The molecule has 0 spiro atoms. The van der Waals surface area contributed by atoms with Crippen LogP contribution in [0.5, 0.6) is 5.75 Å². The third-order valence-electron chi connectivity index (χ3n) is 5.62. The summed E-state index contributed by atoms with van der Waals surface area (Å²) in [5.41, 5.74) is -2.81. The normalized spacial score (nSPS) is 17.9. The molecule has 1 atom stereocenters. The summed E-state index contributed by atoms with van der Waals surface area (Å²) in [6.45, 7) is -0.0111. The maximum absolute atomic E-state index is 13.8. The van der Waals surface area contributed by atoms with E-state index in [2.05, 4.69) is 5.32 Å². The molecule has 0 aliphatic carbocycles. The Morgan fingerprint density at radius 1 is 1.13 bits per heavy atom. The topological polar surface area (TPSA) is 91.6 Å². The van der Waals surface area contributed by atoms with Crippen LogP contribution in [0.1, 0.15) is 51.7 Å². The number of halogens is 4. The van der Waals surface area contributed by atoms with Gasteiger partial charge in [0.1, 0.15) is 11.4 Å². The van der Waals surface area contributed by atoms with E-state index in [0.717, 1.165) is 19.0 Å². The molecule has 11 heteroatoms. The number of aromatic hydroxyl groups is 1. The number of pyridine rings is 1. The summed E-state index contributed by atoms with van der Waals surface area (Å²) >= 11 is 0. The van der Waals surface area contributed by atoms with Gasteiger partial charge in [0.2, 0.25) is 5.43 Å². The number of carbonyl (C=O) groups excluding carboxylic acids is 2. The van der Waals surface area contributed by atoms with Gasteiger partial charge in [0, 0.05) is 37.5 Å². The fourth-order valence-electron chi connectivity index (χ4n) is 3.99. The zero-order valence-electron chi connectivity index (χ0n) is 16.1. The number of benzene rings is 1. The quantitative estimate of drug-likeness (QED) is 0.436. The molecule has 2 aliphatic heterocycles. The minimum Gasteiger partial charge on any atom is -0.503 e. The molecule has 1 aromatic heterocycles. The van der Waals surface area contributed by atoms with E-state index in [9.17, 15) is 37.1 Å². The van der Waals surface area contributed by atoms with Crippen LogP contribution in [0.2, 0.25) is 0 Å². The summed E-state index contributed by atoms with van der Waals surface area (Å²) in [5, 5.41) is 12.4. The molecule has 0 unspecified atom stereocenters. The minimum atomic E-state index is -1.89. The molecule has 1 saturated heterocycles. The van der Waals surface area contributed by atoms with Crippen molar-refractivity contribution in [1.29, 1.82) is 0 Å². The number of aromatic nitrogens is 1. The van der Waals surface area contributed by atoms with E-state index in [0.29, 0.717) is 19.5 Å². The van der Waals surface area contributed by atoms with Gasteiger partial charge in [-0.2, -0.15) is 0 Å². The Kier molecular flexibility index (Phi) is 5.19. The van der Waals surface area contributed by atoms with Crippen LogP contribution in [0.15, 0.2) is 17.1 Å². The van der Waals surface area contributed by atoms with E-state index < -0.39 is 63.9 Å². The van der Waals surface area contributed by atoms with Crippen LogP contribution in [-0.2, 0) is 6.54 Å². The molecule has 1 fully saturated rings. The second-order valence-corrected chi connectivity index (χ2v) is 7.51. The molecule has 0 radical (unpaired) electrons. The van der Waals surface area contributed by atoms with Crippen molar-refractivity contribution in [1.82, 2.24) is 14.8 Å². The molecule has 164 valence electrons. The highest BCUT2D eigenvalue weighted by Gasteiger charge is 2.36. The maximum Gasteiger partial charge on any atom is 0.274 e. The van der Waals surface area contributed by atoms with E-state index in [1.54, 1.807) is 4.90 Å². The summed E-state index contributed by atoms with van der Waals surface area (Å²) in [6, 6.07) is -0.113. The monoisotopic (exact) mass is 439 g/mol. The van der Waals surface area contributed by atoms with Gasteiger partial charge in [0.05, 0.1) is 6.04 Å². The van der Waals surface area contributed by atoms with Crippen molar-refractivity contribution < 1.29 is 32.3 Å². The van der Waals surface area contributed by atoms with Crippen LogP contribution < -0.4 is 10.7 Å². The number of nitrogens with one attached hydrogen (secondary N) is 1. The molecule has 2 N–H and O–H groups in total. The van der Waals surface area contributed by atoms with E-state index >= 15 is 0 Å². The van der Waals surface area contributed by atoms with Crippen LogP contribution in [0, 0.1) is 23.3 Å². The highest BCUT2D eigenvalue weighted by molar-refractivity contribution is 5.99. The Balaban J connectivity index is 1.67. The van der Waals surface area contributed by atoms with Gasteiger partial charge in [-0.3, -0.25) is 14.4 Å². The number of fused-ring (bicyclic) bond motifs is 4. The number of hydrogen-bond donors (Lipinski definition) is 2. The third-order valence-corrected chi connectivity index (χ3v) is 5.62. The van der Waals surface area contributed by atoms with Crippen molar-refractivity contribution in [3.63, 3.8) is 0 Å². The van der Waals surface area contributed by atoms with E-state index in [1.807, 2.05) is 0 Å². The number of carbonyl (C=O) groups is 2. The van der Waals surface area contributed by atoms with Crippen LogP contribution in [0.3, 0.4) is 0 Å². The molecule has 2 aliphatic rings. The first-order valence-electron chi connectivity index (χ1n) is 9.58. The zero-order valence-corrected chi connectivity index (χ0v) is 16.1. The summed E-state index contributed by atoms with van der Waals surface area (Å²) in [5.74, 6) is -9.33. The first-order chi connectivity index (χ1) is 14.7. The molecular formula is C20H17F4N3O4. The van der Waals surface area contributed by atoms with Gasteiger partial charge < -0.3 is 19.9 Å². The predicted octanol–water partition coefficient (Wildman–Crippen LogP) is 2.22. The lowest BCUT2D eigenvalue weighted by Crippen LogP contribution is -2.44. The van der Waals surface area contributed by atoms with Gasteiger partial charge >= 0.3 is 0 Å². The van der Waals surface area contributed by atoms with Gasteiger partial charge in [-0.1, -0.05) is 0 Å². The van der Waals surface area contributed by atoms with Gasteiger partial charge in [-0.15, -0.1) is 0 Å². The molecule has 4 rings (SSSR count). The van der Waals surface area contributed by atoms with Crippen molar-refractivity contribution in [2.24, 2.45) is 0 Å². The average molecular weight is 439 g/mol. The van der Waals surface area contributed by atoms with Gasteiger partial charge in [-0.05, 0) is 19.3 Å². The second-order valence-electron chi connectivity index (χ2n) is 7.51. The number of rotatable bonds is 3. The number of nitrogens with zero attached hydrogens (tertiary/aromatic N) is 2. The van der Waals surface area contributed by atoms with Gasteiger partial charge in [-0.25, -0.2) is 17.6 Å². The van der Waals surface area contributed by atoms with Gasteiger partial charge in [0.15, 0.2) is 28.9 Å². The Labute approximate surface area is 172 Å². The standard InChI is InChI=1S/C20H17F4N3O4/c21-12-5-13(22)15(24)14(23)10(12)6-25-19(30)11-8-27-9-3-1-2-4-26(7-9)20(31)16(27)18(29)17(11)28/h5,8-9,29H,1-4,6-7H2,(H,25,30)/t9-/m1/s1. The highest BCUT2D eigenvalue weighted by atomic mass is 19.2. The summed E-state index contributed by atoms with van der Waals surface area (Å²) in [7, 11) is 0. The first kappa shape index (κ1) is 20.9. The smallest absolute Gasteiger partial charge is 0.274 e. The lowest BCUT2D eigenvalue weighted by atomic mass is 10.1. The van der Waals surface area contributed by atoms with E-state index in [4.69, 9.17) is 0 Å². The van der Waals surface area contributed by atoms with Crippen molar-refractivity contribution >= 4 is 11.8 Å². The average Bonchev–Trinajstić information content (AvgIpc) is 2.96. The summed E-state index contributed by atoms with van der Waals surface area (Å²) < 4.78 is 55.4. The molecule has 2 bridgehead atoms. The van der Waals surface area contributed by atoms with Crippen LogP contribution in [0.25, 0.3) is 0 Å². The number of hydrogen-bond acceptors (Lipinski definition) is 4. The first-order valence-corrected chi connectivity index (χ1v) is 9.58. The highest BCUT2D eigenvalue weighted by Crippen LogP contribution is 2.31. The number of amides is 2. The maximum atomic E-state index is 13.8.